The summed E-state index contributed by atoms with van der Waals surface area (Å²) < 4.78 is 4.89. The van der Waals surface area contributed by atoms with Gasteiger partial charge in [0.1, 0.15) is 6.61 Å². The minimum absolute atomic E-state index is 0.0749. The van der Waals surface area contributed by atoms with E-state index in [1.807, 2.05) is 0 Å². The Morgan fingerprint density at radius 3 is 2.00 bits per heavy atom. The number of rotatable bonds is 6. The molecule has 1 N–H and O–H groups in total. The van der Waals surface area contributed by atoms with Gasteiger partial charge < -0.3 is 14.7 Å². The van der Waals surface area contributed by atoms with Gasteiger partial charge in [-0.15, -0.1) is 0 Å². The zero-order valence-electron chi connectivity index (χ0n) is 10.2. The molecule has 0 aromatic rings. The van der Waals surface area contributed by atoms with Crippen LogP contribution in [0, 0.1) is 11.8 Å². The van der Waals surface area contributed by atoms with Gasteiger partial charge in [0, 0.05) is 13.1 Å². The minimum Gasteiger partial charge on any atom is -0.447 e. The van der Waals surface area contributed by atoms with Gasteiger partial charge in [0.05, 0.1) is 6.61 Å². The van der Waals surface area contributed by atoms with Crippen LogP contribution in [0.3, 0.4) is 0 Å². The number of ether oxygens (including phenoxy) is 1. The molecule has 90 valence electrons. The standard InChI is InChI=1S/C11H23NO3/c1-9(2)7-12(8-10(3)4)11(14)15-6-5-13/h9-10,13H,5-8H2,1-4H3. The largest absolute Gasteiger partial charge is 0.447 e. The number of amides is 1. The van der Waals surface area contributed by atoms with Crippen molar-refractivity contribution in [3.05, 3.63) is 0 Å². The normalized spacial score (nSPS) is 10.9. The van der Waals surface area contributed by atoms with Crippen LogP contribution in [-0.4, -0.2) is 42.4 Å². The molecular weight excluding hydrogens is 194 g/mol. The Balaban J connectivity index is 4.14. The maximum absolute atomic E-state index is 11.6. The number of aliphatic hydroxyl groups is 1. The molecule has 0 aliphatic carbocycles. The predicted octanol–water partition coefficient (Wildman–Crippen LogP) is 1.73. The van der Waals surface area contributed by atoms with Gasteiger partial charge in [-0.3, -0.25) is 0 Å². The molecule has 15 heavy (non-hydrogen) atoms. The van der Waals surface area contributed by atoms with Crippen molar-refractivity contribution in [1.29, 1.82) is 0 Å². The predicted molar refractivity (Wildman–Crippen MR) is 59.7 cm³/mol. The van der Waals surface area contributed by atoms with E-state index in [0.29, 0.717) is 24.9 Å². The van der Waals surface area contributed by atoms with Gasteiger partial charge in [-0.2, -0.15) is 0 Å². The summed E-state index contributed by atoms with van der Waals surface area (Å²) in [5.74, 6) is 0.843. The monoisotopic (exact) mass is 217 g/mol. The third kappa shape index (κ3) is 7.19. The summed E-state index contributed by atoms with van der Waals surface area (Å²) in [5.41, 5.74) is 0. The Bertz CT molecular complexity index is 171. The van der Waals surface area contributed by atoms with Crippen molar-refractivity contribution in [2.45, 2.75) is 27.7 Å². The molecule has 0 aliphatic heterocycles. The van der Waals surface area contributed by atoms with Crippen LogP contribution in [0.25, 0.3) is 0 Å². The van der Waals surface area contributed by atoms with Crippen molar-refractivity contribution in [1.82, 2.24) is 4.90 Å². The lowest BCUT2D eigenvalue weighted by molar-refractivity contribution is 0.0772. The third-order valence-corrected chi connectivity index (χ3v) is 1.75. The Morgan fingerprint density at radius 2 is 1.67 bits per heavy atom. The lowest BCUT2D eigenvalue weighted by atomic mass is 10.1. The number of nitrogens with zero attached hydrogens (tertiary/aromatic N) is 1. The zero-order valence-corrected chi connectivity index (χ0v) is 10.2. The third-order valence-electron chi connectivity index (χ3n) is 1.75. The molecule has 0 fully saturated rings. The van der Waals surface area contributed by atoms with Gasteiger partial charge in [0.15, 0.2) is 0 Å². The molecule has 0 aromatic heterocycles. The number of hydrogen-bond acceptors (Lipinski definition) is 3. The van der Waals surface area contributed by atoms with E-state index in [2.05, 4.69) is 27.7 Å². The van der Waals surface area contributed by atoms with E-state index >= 15 is 0 Å². The Hall–Kier alpha value is -0.770. The second-order valence-corrected chi connectivity index (χ2v) is 4.53. The molecule has 0 heterocycles. The fourth-order valence-electron chi connectivity index (χ4n) is 1.33. The molecule has 0 aromatic carbocycles. The van der Waals surface area contributed by atoms with Gasteiger partial charge in [0.2, 0.25) is 0 Å². The second kappa shape index (κ2) is 7.51. The minimum atomic E-state index is -0.327. The number of carbonyl (C=O) groups is 1. The summed E-state index contributed by atoms with van der Waals surface area (Å²) in [6, 6.07) is 0. The molecule has 4 heteroatoms. The molecule has 0 radical (unpaired) electrons. The molecule has 0 saturated carbocycles. The van der Waals surface area contributed by atoms with Crippen molar-refractivity contribution >= 4 is 6.09 Å². The summed E-state index contributed by atoms with van der Waals surface area (Å²) in [6.45, 7) is 9.60. The number of carbonyl (C=O) groups excluding carboxylic acids is 1. The maximum Gasteiger partial charge on any atom is 0.409 e. The number of aliphatic hydroxyl groups excluding tert-OH is 1. The first kappa shape index (κ1) is 14.2. The molecule has 0 bridgehead atoms. The Kier molecular flexibility index (Phi) is 7.13. The van der Waals surface area contributed by atoms with Crippen LogP contribution >= 0.6 is 0 Å². The average Bonchev–Trinajstić information content (AvgIpc) is 2.11. The lowest BCUT2D eigenvalue weighted by Crippen LogP contribution is -2.37. The van der Waals surface area contributed by atoms with Crippen LogP contribution in [0.4, 0.5) is 4.79 Å². The van der Waals surface area contributed by atoms with Crippen LogP contribution in [0.1, 0.15) is 27.7 Å². The van der Waals surface area contributed by atoms with Crippen LogP contribution in [0.2, 0.25) is 0 Å². The molecule has 0 rings (SSSR count). The van der Waals surface area contributed by atoms with Gasteiger partial charge >= 0.3 is 6.09 Å². The SMILES string of the molecule is CC(C)CN(CC(C)C)C(=O)OCCO. The molecule has 0 aliphatic rings. The van der Waals surface area contributed by atoms with E-state index in [1.165, 1.54) is 0 Å². The van der Waals surface area contributed by atoms with Crippen molar-refractivity contribution in [2.24, 2.45) is 11.8 Å². The van der Waals surface area contributed by atoms with Crippen molar-refractivity contribution in [3.63, 3.8) is 0 Å². The molecular formula is C11H23NO3. The fourth-order valence-corrected chi connectivity index (χ4v) is 1.33. The highest BCUT2D eigenvalue weighted by Gasteiger charge is 2.16. The first-order chi connectivity index (χ1) is 6.97. The molecule has 1 amide bonds. The van der Waals surface area contributed by atoms with E-state index in [1.54, 1.807) is 4.90 Å². The van der Waals surface area contributed by atoms with Crippen LogP contribution in [0.5, 0.6) is 0 Å². The van der Waals surface area contributed by atoms with E-state index in [9.17, 15) is 4.79 Å². The first-order valence-corrected chi connectivity index (χ1v) is 5.50. The highest BCUT2D eigenvalue weighted by Crippen LogP contribution is 2.05. The quantitative estimate of drug-likeness (QED) is 0.737. The fraction of sp³-hybridized carbons (Fsp3) is 0.909. The summed E-state index contributed by atoms with van der Waals surface area (Å²) in [4.78, 5) is 13.3. The van der Waals surface area contributed by atoms with Gasteiger partial charge in [-0.05, 0) is 11.8 Å². The summed E-state index contributed by atoms with van der Waals surface area (Å²) in [7, 11) is 0. The molecule has 4 nitrogen and oxygen atoms in total. The Morgan fingerprint density at radius 1 is 1.20 bits per heavy atom. The van der Waals surface area contributed by atoms with E-state index in [-0.39, 0.29) is 19.3 Å². The topological polar surface area (TPSA) is 49.8 Å². The highest BCUT2D eigenvalue weighted by molar-refractivity contribution is 5.67. The molecule has 0 unspecified atom stereocenters. The van der Waals surface area contributed by atoms with Crippen LogP contribution in [-0.2, 0) is 4.74 Å². The first-order valence-electron chi connectivity index (χ1n) is 5.50. The van der Waals surface area contributed by atoms with Gasteiger partial charge in [-0.1, -0.05) is 27.7 Å². The van der Waals surface area contributed by atoms with Crippen LogP contribution < -0.4 is 0 Å². The average molecular weight is 217 g/mol. The number of hydrogen-bond donors (Lipinski definition) is 1. The second-order valence-electron chi connectivity index (χ2n) is 4.53. The summed E-state index contributed by atoms with van der Waals surface area (Å²) in [6.07, 6.45) is -0.327. The van der Waals surface area contributed by atoms with Crippen molar-refractivity contribution in [2.75, 3.05) is 26.3 Å². The molecule has 0 spiro atoms. The Labute approximate surface area is 92.2 Å². The molecule has 0 atom stereocenters. The van der Waals surface area contributed by atoms with Crippen molar-refractivity contribution < 1.29 is 14.6 Å². The van der Waals surface area contributed by atoms with Crippen LogP contribution in [0.15, 0.2) is 0 Å². The van der Waals surface area contributed by atoms with Gasteiger partial charge in [-0.25, -0.2) is 4.79 Å². The summed E-state index contributed by atoms with van der Waals surface area (Å²) >= 11 is 0. The zero-order chi connectivity index (χ0) is 11.8. The van der Waals surface area contributed by atoms with E-state index in [4.69, 9.17) is 9.84 Å². The maximum atomic E-state index is 11.6. The van der Waals surface area contributed by atoms with Crippen molar-refractivity contribution in [3.8, 4) is 0 Å². The lowest BCUT2D eigenvalue weighted by Gasteiger charge is -2.25. The van der Waals surface area contributed by atoms with E-state index in [0.717, 1.165) is 0 Å². The molecule has 0 saturated heterocycles. The van der Waals surface area contributed by atoms with Gasteiger partial charge in [0.25, 0.3) is 0 Å². The smallest absolute Gasteiger partial charge is 0.409 e. The summed E-state index contributed by atoms with van der Waals surface area (Å²) in [5, 5.41) is 8.56. The highest BCUT2D eigenvalue weighted by atomic mass is 16.6. The van der Waals surface area contributed by atoms with E-state index < -0.39 is 0 Å².